The molecule has 196 valence electrons. The number of benzene rings is 3. The van der Waals surface area contributed by atoms with E-state index >= 15 is 0 Å². The van der Waals surface area contributed by atoms with E-state index in [4.69, 9.17) is 30.2 Å². The minimum absolute atomic E-state index is 0.0259. The Kier molecular flexibility index (Phi) is 6.68. The lowest BCUT2D eigenvalue weighted by molar-refractivity contribution is 0.0993. The van der Waals surface area contributed by atoms with Crippen LogP contribution in [-0.4, -0.2) is 34.6 Å². The summed E-state index contributed by atoms with van der Waals surface area (Å²) in [6.07, 6.45) is 2.08. The minimum Gasteiger partial charge on any atom is -0.496 e. The van der Waals surface area contributed by atoms with E-state index in [0.29, 0.717) is 55.9 Å². The highest BCUT2D eigenvalue weighted by Crippen LogP contribution is 2.37. The average molecular weight is 560 g/mol. The maximum absolute atomic E-state index is 12.7. The van der Waals surface area contributed by atoms with Gasteiger partial charge in [-0.2, -0.15) is 0 Å². The number of hydrogen-bond donors (Lipinski definition) is 0. The third-order valence-corrected chi connectivity index (χ3v) is 7.31. The second-order valence-electron chi connectivity index (χ2n) is 8.79. The molecule has 0 saturated carbocycles. The monoisotopic (exact) mass is 559 g/mol. The van der Waals surface area contributed by atoms with E-state index in [-0.39, 0.29) is 12.2 Å². The van der Waals surface area contributed by atoms with E-state index < -0.39 is 0 Å². The van der Waals surface area contributed by atoms with Gasteiger partial charge in [0, 0.05) is 29.1 Å². The summed E-state index contributed by atoms with van der Waals surface area (Å²) < 4.78 is 24.7. The molecule has 6 aromatic rings. The molecule has 6 rings (SSSR count). The Hall–Kier alpha value is -4.34. The van der Waals surface area contributed by atoms with Crippen LogP contribution >= 0.6 is 22.9 Å². The standard InChI is InChI=1S/C29H22ClN3O5S/c1-35-21-12-25(22-14-27(38-26(22)13-21)23-15-33-28(31-23)39-29(32-33)36-2)37-16-18-5-3-4-17(10-18)11-24(34)19-6-8-20(30)9-7-19/h3-10,12-15H,11,16H2,1-2H3. The van der Waals surface area contributed by atoms with Gasteiger partial charge in [0.15, 0.2) is 11.5 Å². The van der Waals surface area contributed by atoms with Crippen LogP contribution in [0.15, 0.2) is 77.3 Å². The minimum atomic E-state index is 0.0259. The van der Waals surface area contributed by atoms with Gasteiger partial charge in [0.2, 0.25) is 4.96 Å². The van der Waals surface area contributed by atoms with Gasteiger partial charge in [-0.15, -0.1) is 5.10 Å². The van der Waals surface area contributed by atoms with Crippen molar-refractivity contribution in [2.24, 2.45) is 0 Å². The van der Waals surface area contributed by atoms with Gasteiger partial charge in [-0.1, -0.05) is 35.9 Å². The maximum atomic E-state index is 12.7. The molecule has 0 saturated heterocycles. The van der Waals surface area contributed by atoms with Gasteiger partial charge in [-0.25, -0.2) is 9.50 Å². The molecule has 0 bridgehead atoms. The molecule has 0 radical (unpaired) electrons. The zero-order valence-corrected chi connectivity index (χ0v) is 22.6. The van der Waals surface area contributed by atoms with Gasteiger partial charge < -0.3 is 18.6 Å². The molecule has 0 amide bonds. The number of fused-ring (bicyclic) bond motifs is 2. The predicted octanol–water partition coefficient (Wildman–Crippen LogP) is 6.88. The summed E-state index contributed by atoms with van der Waals surface area (Å²) in [6, 6.07) is 20.3. The first-order valence-electron chi connectivity index (χ1n) is 12.0. The smallest absolute Gasteiger partial charge is 0.294 e. The number of halogens is 1. The third-order valence-electron chi connectivity index (χ3n) is 6.18. The van der Waals surface area contributed by atoms with Gasteiger partial charge in [-0.3, -0.25) is 4.79 Å². The highest BCUT2D eigenvalue weighted by molar-refractivity contribution is 7.18. The van der Waals surface area contributed by atoms with Gasteiger partial charge in [0.1, 0.15) is 29.4 Å². The van der Waals surface area contributed by atoms with Crippen molar-refractivity contribution >= 4 is 44.7 Å². The summed E-state index contributed by atoms with van der Waals surface area (Å²) in [7, 11) is 3.17. The topological polar surface area (TPSA) is 88.1 Å². The van der Waals surface area contributed by atoms with E-state index in [1.54, 1.807) is 49.2 Å². The van der Waals surface area contributed by atoms with Crippen LogP contribution in [0.4, 0.5) is 0 Å². The van der Waals surface area contributed by atoms with Crippen molar-refractivity contribution in [1.82, 2.24) is 14.6 Å². The second-order valence-corrected chi connectivity index (χ2v) is 10.1. The van der Waals surface area contributed by atoms with E-state index in [1.165, 1.54) is 11.3 Å². The molecule has 8 nitrogen and oxygen atoms in total. The fourth-order valence-corrected chi connectivity index (χ4v) is 5.07. The van der Waals surface area contributed by atoms with Crippen molar-refractivity contribution in [3.05, 3.63) is 94.6 Å². The maximum Gasteiger partial charge on any atom is 0.294 e. The Bertz CT molecular complexity index is 1770. The summed E-state index contributed by atoms with van der Waals surface area (Å²) in [5.41, 5.74) is 3.73. The molecule has 0 aliphatic carbocycles. The number of nitrogens with zero attached hydrogens (tertiary/aromatic N) is 3. The number of ether oxygens (including phenoxy) is 3. The van der Waals surface area contributed by atoms with Crippen molar-refractivity contribution < 1.29 is 23.4 Å². The second kappa shape index (κ2) is 10.4. The summed E-state index contributed by atoms with van der Waals surface area (Å²) in [6.45, 7) is 0.301. The lowest BCUT2D eigenvalue weighted by Crippen LogP contribution is -2.04. The van der Waals surface area contributed by atoms with Crippen molar-refractivity contribution in [1.29, 1.82) is 0 Å². The molecular weight excluding hydrogens is 538 g/mol. The number of aromatic nitrogens is 3. The van der Waals surface area contributed by atoms with E-state index in [2.05, 4.69) is 10.1 Å². The molecule has 0 atom stereocenters. The number of hydrogen-bond acceptors (Lipinski definition) is 8. The van der Waals surface area contributed by atoms with Crippen molar-refractivity contribution in [2.75, 3.05) is 14.2 Å². The van der Waals surface area contributed by atoms with Crippen molar-refractivity contribution in [3.63, 3.8) is 0 Å². The first-order chi connectivity index (χ1) is 19.0. The number of methoxy groups -OCH3 is 2. The van der Waals surface area contributed by atoms with E-state index in [9.17, 15) is 4.79 Å². The van der Waals surface area contributed by atoms with Gasteiger partial charge in [-0.05, 0) is 52.8 Å². The Morgan fingerprint density at radius 3 is 2.62 bits per heavy atom. The highest BCUT2D eigenvalue weighted by atomic mass is 35.5. The van der Waals surface area contributed by atoms with Crippen LogP contribution in [0.1, 0.15) is 21.5 Å². The van der Waals surface area contributed by atoms with Crippen LogP contribution in [0.25, 0.3) is 27.4 Å². The van der Waals surface area contributed by atoms with Gasteiger partial charge >= 0.3 is 0 Å². The number of carbonyl (C=O) groups excluding carboxylic acids is 1. The van der Waals surface area contributed by atoms with Crippen LogP contribution < -0.4 is 14.2 Å². The lowest BCUT2D eigenvalue weighted by Gasteiger charge is -2.10. The predicted molar refractivity (Wildman–Crippen MR) is 149 cm³/mol. The molecular formula is C29H22ClN3O5S. The molecule has 0 aliphatic heterocycles. The largest absolute Gasteiger partial charge is 0.496 e. The first kappa shape index (κ1) is 25.0. The molecule has 3 aromatic carbocycles. The Balaban J connectivity index is 1.23. The molecule has 0 N–H and O–H groups in total. The van der Waals surface area contributed by atoms with Crippen molar-refractivity contribution in [3.8, 4) is 28.1 Å². The van der Waals surface area contributed by atoms with Crippen LogP contribution in [0.5, 0.6) is 16.7 Å². The zero-order valence-electron chi connectivity index (χ0n) is 21.0. The molecule has 0 fully saturated rings. The third kappa shape index (κ3) is 5.19. The zero-order chi connectivity index (χ0) is 26.9. The summed E-state index contributed by atoms with van der Waals surface area (Å²) in [5, 5.41) is 6.25. The fraction of sp³-hybridized carbons (Fsp3) is 0.138. The summed E-state index contributed by atoms with van der Waals surface area (Å²) >= 11 is 7.29. The molecule has 3 aromatic heterocycles. The van der Waals surface area contributed by atoms with Gasteiger partial charge in [0.25, 0.3) is 5.19 Å². The van der Waals surface area contributed by atoms with Crippen LogP contribution in [0, 0.1) is 0 Å². The van der Waals surface area contributed by atoms with Crippen molar-refractivity contribution in [2.45, 2.75) is 13.0 Å². The molecule has 0 aliphatic rings. The van der Waals surface area contributed by atoms with Gasteiger partial charge in [0.05, 0.1) is 25.8 Å². The number of ketones is 1. The fourth-order valence-electron chi connectivity index (χ4n) is 4.24. The number of carbonyl (C=O) groups is 1. The molecule has 39 heavy (non-hydrogen) atoms. The number of imidazole rings is 1. The number of furan rings is 1. The molecule has 10 heteroatoms. The Labute approximate surface area is 232 Å². The molecule has 0 unspecified atom stereocenters. The first-order valence-corrected chi connectivity index (χ1v) is 13.2. The average Bonchev–Trinajstić information content (AvgIpc) is 3.65. The molecule has 3 heterocycles. The Morgan fingerprint density at radius 1 is 1.03 bits per heavy atom. The summed E-state index contributed by atoms with van der Waals surface area (Å²) in [4.78, 5) is 18.0. The van der Waals surface area contributed by atoms with Crippen LogP contribution in [0.2, 0.25) is 5.02 Å². The van der Waals surface area contributed by atoms with Crippen LogP contribution in [-0.2, 0) is 13.0 Å². The lowest BCUT2D eigenvalue weighted by atomic mass is 10.0. The normalized spacial score (nSPS) is 11.3. The summed E-state index contributed by atoms with van der Waals surface area (Å²) in [5.74, 6) is 1.83. The molecule has 0 spiro atoms. The number of Topliss-reactive ketones (excluding diaryl/α,β-unsaturated/α-hetero) is 1. The van der Waals surface area contributed by atoms with E-state index in [0.717, 1.165) is 16.5 Å². The Morgan fingerprint density at radius 2 is 1.85 bits per heavy atom. The van der Waals surface area contributed by atoms with Crippen LogP contribution in [0.3, 0.4) is 0 Å². The highest BCUT2D eigenvalue weighted by Gasteiger charge is 2.17. The SMILES string of the molecule is COc1cc(OCc2cccc(CC(=O)c3ccc(Cl)cc3)c2)c2cc(-c3cn4nc(OC)sc4n3)oc2c1. The number of rotatable bonds is 9. The van der Waals surface area contributed by atoms with E-state index in [1.807, 2.05) is 42.5 Å². The quantitative estimate of drug-likeness (QED) is 0.178.